The zero-order valence-corrected chi connectivity index (χ0v) is 27.5. The topological polar surface area (TPSA) is 109 Å². The van der Waals surface area contributed by atoms with Gasteiger partial charge in [0.25, 0.3) is 0 Å². The summed E-state index contributed by atoms with van der Waals surface area (Å²) >= 11 is 0. The van der Waals surface area contributed by atoms with Crippen LogP contribution >= 0.6 is 0 Å². The number of ether oxygens (including phenoxy) is 2. The lowest BCUT2D eigenvalue weighted by Crippen LogP contribution is -2.55. The van der Waals surface area contributed by atoms with Gasteiger partial charge in [-0.3, -0.25) is 9.69 Å². The predicted molar refractivity (Wildman–Crippen MR) is 182 cm³/mol. The lowest BCUT2D eigenvalue weighted by atomic mass is 9.95. The number of piperazine rings is 1. The Kier molecular flexibility index (Phi) is 9.91. The molecule has 0 spiro atoms. The maximum atomic E-state index is 12.7. The Bertz CT molecular complexity index is 1720. The number of hydrogen-bond donors (Lipinski definition) is 0. The highest BCUT2D eigenvalue weighted by Gasteiger charge is 2.35. The van der Waals surface area contributed by atoms with Gasteiger partial charge in [-0.05, 0) is 55.8 Å². The summed E-state index contributed by atoms with van der Waals surface area (Å²) in [5.74, 6) is 0.166. The smallest absolute Gasteiger partial charge is 0.246 e. The number of pyridine rings is 1. The second kappa shape index (κ2) is 14.4. The molecular formula is C37H43N7O3. The quantitative estimate of drug-likeness (QED) is 0.313. The van der Waals surface area contributed by atoms with Gasteiger partial charge in [0.2, 0.25) is 11.8 Å². The highest BCUT2D eigenvalue weighted by atomic mass is 16.5. The number of aryl methyl sites for hydroxylation is 1. The number of aromatic nitrogens is 1. The number of carbonyl (C=O) groups is 1. The number of likely N-dealkylation sites (tertiary alicyclic amines) is 1. The number of nitriles is 2. The van der Waals surface area contributed by atoms with E-state index in [0.717, 1.165) is 49.4 Å². The largest absolute Gasteiger partial charge is 0.475 e. The molecule has 1 aromatic heterocycles. The van der Waals surface area contributed by atoms with Gasteiger partial charge in [0.15, 0.2) is 0 Å². The van der Waals surface area contributed by atoms with Gasteiger partial charge in [-0.1, -0.05) is 36.9 Å². The predicted octanol–water partition coefficient (Wildman–Crippen LogP) is 4.58. The molecule has 2 unspecified atom stereocenters. The zero-order valence-electron chi connectivity index (χ0n) is 27.5. The van der Waals surface area contributed by atoms with Crippen LogP contribution in [0.5, 0.6) is 5.88 Å². The molecule has 10 heteroatoms. The molecule has 2 saturated heterocycles. The van der Waals surface area contributed by atoms with E-state index < -0.39 is 0 Å². The van der Waals surface area contributed by atoms with E-state index in [1.807, 2.05) is 0 Å². The molecule has 2 atom stereocenters. The van der Waals surface area contributed by atoms with Crippen LogP contribution in [-0.4, -0.2) is 92.4 Å². The van der Waals surface area contributed by atoms with Crippen LogP contribution in [0.4, 0.5) is 11.4 Å². The molecule has 6 rings (SSSR count). The number of carbonyl (C=O) groups excluding carboxylic acids is 1. The Morgan fingerprint density at radius 3 is 2.70 bits per heavy atom. The number of fused-ring (bicyclic) bond motifs is 2. The zero-order chi connectivity index (χ0) is 32.9. The Morgan fingerprint density at radius 2 is 1.94 bits per heavy atom. The maximum Gasteiger partial charge on any atom is 0.246 e. The molecule has 10 nitrogen and oxygen atoms in total. The number of rotatable bonds is 9. The Balaban J connectivity index is 1.35. The summed E-state index contributed by atoms with van der Waals surface area (Å²) in [6.45, 7) is 11.5. The van der Waals surface area contributed by atoms with Gasteiger partial charge in [0.05, 0.1) is 42.6 Å². The molecule has 2 aromatic carbocycles. The summed E-state index contributed by atoms with van der Waals surface area (Å²) in [5.41, 5.74) is 5.58. The van der Waals surface area contributed by atoms with Crippen LogP contribution in [0.25, 0.3) is 10.8 Å². The molecule has 3 aromatic rings. The fraction of sp³-hybridized carbons (Fsp3) is 0.459. The first-order valence-corrected chi connectivity index (χ1v) is 16.6. The lowest BCUT2D eigenvalue weighted by molar-refractivity contribution is -0.128. The number of nitrogens with zero attached hydrogens (tertiary/aromatic N) is 7. The molecule has 0 bridgehead atoms. The minimum Gasteiger partial charge on any atom is -0.475 e. The van der Waals surface area contributed by atoms with Gasteiger partial charge >= 0.3 is 0 Å². The molecule has 47 heavy (non-hydrogen) atoms. The van der Waals surface area contributed by atoms with Gasteiger partial charge in [-0.15, -0.1) is 0 Å². The third-order valence-electron chi connectivity index (χ3n) is 9.86. The monoisotopic (exact) mass is 633 g/mol. The molecule has 0 saturated carbocycles. The van der Waals surface area contributed by atoms with Crippen LogP contribution in [0, 0.1) is 29.6 Å². The third kappa shape index (κ3) is 6.62. The van der Waals surface area contributed by atoms with E-state index in [4.69, 9.17) is 14.5 Å². The maximum absolute atomic E-state index is 12.7. The summed E-state index contributed by atoms with van der Waals surface area (Å²) in [4.78, 5) is 26.3. The van der Waals surface area contributed by atoms with E-state index in [2.05, 4.69) is 76.7 Å². The van der Waals surface area contributed by atoms with Crippen molar-refractivity contribution < 1.29 is 14.3 Å². The van der Waals surface area contributed by atoms with E-state index in [0.29, 0.717) is 57.2 Å². The molecule has 244 valence electrons. The van der Waals surface area contributed by atoms with E-state index in [9.17, 15) is 15.3 Å². The number of anilines is 2. The number of methoxy groups -OCH3 is 1. The van der Waals surface area contributed by atoms with E-state index >= 15 is 0 Å². The minimum absolute atomic E-state index is 0.180. The van der Waals surface area contributed by atoms with Crippen LogP contribution in [-0.2, 0) is 22.5 Å². The Hall–Kier alpha value is -4.64. The average Bonchev–Trinajstić information content (AvgIpc) is 3.10. The van der Waals surface area contributed by atoms with Crippen molar-refractivity contribution in [3.8, 4) is 18.0 Å². The van der Waals surface area contributed by atoms with Gasteiger partial charge < -0.3 is 24.2 Å². The molecule has 3 aliphatic rings. The summed E-state index contributed by atoms with van der Waals surface area (Å²) in [6, 6.07) is 17.2. The Labute approximate surface area is 277 Å². The van der Waals surface area contributed by atoms with Crippen molar-refractivity contribution in [3.63, 3.8) is 0 Å². The van der Waals surface area contributed by atoms with Crippen LogP contribution in [0.3, 0.4) is 0 Å². The van der Waals surface area contributed by atoms with Crippen molar-refractivity contribution in [3.05, 3.63) is 71.4 Å². The molecule has 4 heterocycles. The number of benzene rings is 2. The fourth-order valence-electron chi connectivity index (χ4n) is 7.49. The number of hydrogen-bond acceptors (Lipinski definition) is 9. The first kappa shape index (κ1) is 32.3. The molecule has 0 aliphatic carbocycles. The van der Waals surface area contributed by atoms with Crippen LogP contribution < -0.4 is 14.5 Å². The molecular weight excluding hydrogens is 590 g/mol. The standard InChI is InChI=1S/C37H43N7O3/c1-4-34(45)44-19-18-43(23-28(44)13-15-38)36-30-14-17-42(33-12-6-10-27-9-5-8-26(2)35(27)33)25-32(30)40-37(31(36)22-39)47-21-20-41-16-7-11-29(24-41)46-3/h4-6,8-10,12,28-29H,1,7,11,13-14,16-21,23-25H2,2-3H3. The Morgan fingerprint density at radius 1 is 1.11 bits per heavy atom. The molecule has 0 radical (unpaired) electrons. The molecule has 0 N–H and O–H groups in total. The van der Waals surface area contributed by atoms with Gasteiger partial charge in [0.1, 0.15) is 18.2 Å². The van der Waals surface area contributed by atoms with Gasteiger partial charge in [0, 0.05) is 63.0 Å². The molecule has 1 amide bonds. The summed E-state index contributed by atoms with van der Waals surface area (Å²) in [7, 11) is 1.76. The van der Waals surface area contributed by atoms with Crippen molar-refractivity contribution in [2.24, 2.45) is 0 Å². The first-order chi connectivity index (χ1) is 22.9. The second-order valence-electron chi connectivity index (χ2n) is 12.6. The van der Waals surface area contributed by atoms with Gasteiger partial charge in [-0.2, -0.15) is 10.5 Å². The van der Waals surface area contributed by atoms with Crippen LogP contribution in [0.15, 0.2) is 49.1 Å². The van der Waals surface area contributed by atoms with Gasteiger partial charge in [-0.25, -0.2) is 4.98 Å². The van der Waals surface area contributed by atoms with E-state index in [-0.39, 0.29) is 24.5 Å². The highest BCUT2D eigenvalue weighted by Crippen LogP contribution is 2.40. The lowest BCUT2D eigenvalue weighted by Gasteiger charge is -2.43. The summed E-state index contributed by atoms with van der Waals surface area (Å²) in [5, 5.41) is 22.7. The van der Waals surface area contributed by atoms with Crippen molar-refractivity contribution in [2.45, 2.75) is 51.3 Å². The minimum atomic E-state index is -0.314. The normalized spacial score (nSPS) is 20.0. The van der Waals surface area contributed by atoms with Crippen molar-refractivity contribution in [1.82, 2.24) is 14.8 Å². The SMILES string of the molecule is C=CC(=O)N1CCN(c2c(C#N)c(OCCN3CCCC(OC)C3)nc3c2CCN(c2cccc4cccc(C)c24)C3)CC1CC#N. The van der Waals surface area contributed by atoms with Crippen LogP contribution in [0.1, 0.15) is 41.6 Å². The summed E-state index contributed by atoms with van der Waals surface area (Å²) in [6.07, 6.45) is 4.58. The van der Waals surface area contributed by atoms with Crippen molar-refractivity contribution in [2.75, 3.05) is 69.3 Å². The number of piperidine rings is 1. The fourth-order valence-corrected chi connectivity index (χ4v) is 7.49. The number of amides is 1. The third-order valence-corrected chi connectivity index (χ3v) is 9.86. The summed E-state index contributed by atoms with van der Waals surface area (Å²) < 4.78 is 12.0. The molecule has 2 fully saturated rings. The highest BCUT2D eigenvalue weighted by molar-refractivity contribution is 5.97. The van der Waals surface area contributed by atoms with E-state index in [1.165, 1.54) is 28.1 Å². The average molecular weight is 634 g/mol. The van der Waals surface area contributed by atoms with Crippen molar-refractivity contribution >= 4 is 28.1 Å². The second-order valence-corrected chi connectivity index (χ2v) is 12.6. The first-order valence-electron chi connectivity index (χ1n) is 16.6. The van der Waals surface area contributed by atoms with Crippen LogP contribution in [0.2, 0.25) is 0 Å². The van der Waals surface area contributed by atoms with Crippen molar-refractivity contribution in [1.29, 1.82) is 10.5 Å². The molecule has 3 aliphatic heterocycles. The van der Waals surface area contributed by atoms with E-state index in [1.54, 1.807) is 12.0 Å².